The van der Waals surface area contributed by atoms with Crippen molar-refractivity contribution in [3.8, 4) is 5.75 Å². The molecule has 1 unspecified atom stereocenters. The standard InChI is InChI=1S/C20H24FN4O8P/c1-20(21)16(26)14(32-18(20)25-9-7-15(22)23-19(25)28)11-31-34(29,24-13-8-10-30-17(13)27)33-12-5-3-2-4-6-12/h2-7,9,13-14,16,18,26H,8,10-11H2,1H3,(H,24,29)(H2,22,23,28)/t13-,14+,16+,18+,20+,34?/m0/s1. The first kappa shape index (κ1) is 24.3. The maximum Gasteiger partial charge on any atom is 0.459 e. The number of ether oxygens (including phenoxy) is 2. The van der Waals surface area contributed by atoms with Crippen molar-refractivity contribution in [1.29, 1.82) is 0 Å². The van der Waals surface area contributed by atoms with Crippen molar-refractivity contribution in [2.75, 3.05) is 18.9 Å². The summed E-state index contributed by atoms with van der Waals surface area (Å²) in [6.07, 6.45) is -3.22. The summed E-state index contributed by atoms with van der Waals surface area (Å²) < 4.78 is 51.1. The number of nitrogens with two attached hydrogens (primary N) is 1. The van der Waals surface area contributed by atoms with Crippen molar-refractivity contribution >= 4 is 19.5 Å². The predicted octanol–water partition coefficient (Wildman–Crippen LogP) is 0.921. The zero-order valence-corrected chi connectivity index (χ0v) is 19.0. The fraction of sp³-hybridized carbons (Fsp3) is 0.450. The Hall–Kier alpha value is -2.83. The third-order valence-electron chi connectivity index (χ3n) is 5.45. The van der Waals surface area contributed by atoms with Crippen molar-refractivity contribution in [3.63, 3.8) is 0 Å². The van der Waals surface area contributed by atoms with E-state index in [1.165, 1.54) is 24.4 Å². The largest absolute Gasteiger partial charge is 0.464 e. The lowest BCUT2D eigenvalue weighted by Crippen LogP contribution is -2.43. The third kappa shape index (κ3) is 4.98. The van der Waals surface area contributed by atoms with Gasteiger partial charge >= 0.3 is 19.4 Å². The first-order valence-corrected chi connectivity index (χ1v) is 11.9. The molecule has 12 nitrogen and oxygen atoms in total. The monoisotopic (exact) mass is 498 g/mol. The molecule has 0 amide bonds. The number of halogens is 1. The number of nitrogens with one attached hydrogen (secondary N) is 1. The predicted molar refractivity (Wildman–Crippen MR) is 115 cm³/mol. The summed E-state index contributed by atoms with van der Waals surface area (Å²) in [5.74, 6) is -0.495. The van der Waals surface area contributed by atoms with E-state index in [4.69, 9.17) is 24.3 Å². The summed E-state index contributed by atoms with van der Waals surface area (Å²) in [6, 6.07) is 8.41. The van der Waals surface area contributed by atoms with Gasteiger partial charge in [-0.2, -0.15) is 10.1 Å². The Labute approximate surface area is 193 Å². The Morgan fingerprint density at radius 2 is 2.09 bits per heavy atom. The molecule has 2 aliphatic rings. The van der Waals surface area contributed by atoms with E-state index in [1.54, 1.807) is 18.2 Å². The van der Waals surface area contributed by atoms with Gasteiger partial charge in [0.1, 0.15) is 29.8 Å². The van der Waals surface area contributed by atoms with Crippen molar-refractivity contribution in [3.05, 3.63) is 53.1 Å². The first-order valence-electron chi connectivity index (χ1n) is 10.4. The molecule has 184 valence electrons. The fourth-order valence-electron chi connectivity index (χ4n) is 3.64. The zero-order chi connectivity index (χ0) is 24.5. The number of alkyl halides is 1. The van der Waals surface area contributed by atoms with Gasteiger partial charge in [-0.15, -0.1) is 0 Å². The highest BCUT2D eigenvalue weighted by Crippen LogP contribution is 2.48. The van der Waals surface area contributed by atoms with Gasteiger partial charge in [-0.05, 0) is 25.1 Å². The highest BCUT2D eigenvalue weighted by molar-refractivity contribution is 7.52. The molecule has 34 heavy (non-hydrogen) atoms. The topological polar surface area (TPSA) is 164 Å². The SMILES string of the molecule is C[C@@]1(F)[C@H](O)[C@@H](COP(=O)(N[C@H]2CCOC2=O)Oc2ccccc2)O[C@H]1n1ccc(N)nc1=O. The number of nitrogens with zero attached hydrogens (tertiary/aromatic N) is 2. The van der Waals surface area contributed by atoms with E-state index in [2.05, 4.69) is 10.1 Å². The normalized spacial score (nSPS) is 30.6. The van der Waals surface area contributed by atoms with Crippen LogP contribution in [0.15, 0.2) is 47.4 Å². The Balaban J connectivity index is 1.52. The van der Waals surface area contributed by atoms with Gasteiger partial charge in [0, 0.05) is 12.6 Å². The molecular formula is C20H24FN4O8P. The van der Waals surface area contributed by atoms with Gasteiger partial charge in [-0.1, -0.05) is 18.2 Å². The molecule has 0 spiro atoms. The van der Waals surface area contributed by atoms with Gasteiger partial charge in [-0.25, -0.2) is 13.8 Å². The van der Waals surface area contributed by atoms with Gasteiger partial charge < -0.3 is 24.8 Å². The Bertz CT molecular complexity index is 1150. The van der Waals surface area contributed by atoms with Crippen LogP contribution in [0.5, 0.6) is 5.75 Å². The van der Waals surface area contributed by atoms with E-state index < -0.39 is 56.2 Å². The number of para-hydroxylation sites is 1. The number of benzene rings is 1. The first-order chi connectivity index (χ1) is 16.1. The summed E-state index contributed by atoms with van der Waals surface area (Å²) in [5, 5.41) is 13.1. The van der Waals surface area contributed by atoms with Crippen LogP contribution in [0.3, 0.4) is 0 Å². The van der Waals surface area contributed by atoms with Gasteiger partial charge in [0.25, 0.3) is 0 Å². The molecule has 1 aromatic carbocycles. The second kappa shape index (κ2) is 9.43. The molecule has 6 atom stereocenters. The van der Waals surface area contributed by atoms with E-state index in [1.807, 2.05) is 0 Å². The molecule has 14 heteroatoms. The molecule has 0 bridgehead atoms. The highest BCUT2D eigenvalue weighted by atomic mass is 31.2. The quantitative estimate of drug-likeness (QED) is 0.350. The summed E-state index contributed by atoms with van der Waals surface area (Å²) >= 11 is 0. The number of aromatic nitrogens is 2. The van der Waals surface area contributed by atoms with Gasteiger partial charge in [0.05, 0.1) is 13.2 Å². The van der Waals surface area contributed by atoms with Crippen LogP contribution in [0.25, 0.3) is 0 Å². The molecule has 2 aliphatic heterocycles. The van der Waals surface area contributed by atoms with Crippen molar-refractivity contribution < 1.29 is 37.4 Å². The number of hydrogen-bond donors (Lipinski definition) is 3. The van der Waals surface area contributed by atoms with Crippen molar-refractivity contribution in [1.82, 2.24) is 14.6 Å². The van der Waals surface area contributed by atoms with Gasteiger partial charge in [-0.3, -0.25) is 13.9 Å². The van der Waals surface area contributed by atoms with Gasteiger partial charge in [0.15, 0.2) is 11.9 Å². The average Bonchev–Trinajstić information content (AvgIpc) is 3.28. The van der Waals surface area contributed by atoms with Crippen LogP contribution in [-0.2, 0) is 23.4 Å². The highest BCUT2D eigenvalue weighted by Gasteiger charge is 2.56. The molecule has 4 rings (SSSR count). The lowest BCUT2D eigenvalue weighted by atomic mass is 9.98. The lowest BCUT2D eigenvalue weighted by Gasteiger charge is -2.25. The average molecular weight is 498 g/mol. The minimum atomic E-state index is -4.22. The summed E-state index contributed by atoms with van der Waals surface area (Å²) in [4.78, 5) is 27.6. The van der Waals surface area contributed by atoms with E-state index in [-0.39, 0.29) is 24.6 Å². The molecule has 1 aromatic heterocycles. The summed E-state index contributed by atoms with van der Waals surface area (Å²) in [6.45, 7) is 0.601. The molecule has 2 saturated heterocycles. The summed E-state index contributed by atoms with van der Waals surface area (Å²) in [7, 11) is -4.22. The molecular weight excluding hydrogens is 474 g/mol. The second-order valence-electron chi connectivity index (χ2n) is 8.00. The second-order valence-corrected chi connectivity index (χ2v) is 9.69. The number of carbonyl (C=O) groups is 1. The van der Waals surface area contributed by atoms with Gasteiger partial charge in [0.2, 0.25) is 0 Å². The van der Waals surface area contributed by atoms with E-state index in [9.17, 15) is 19.3 Å². The van der Waals surface area contributed by atoms with Crippen LogP contribution >= 0.6 is 7.75 Å². The molecule has 3 heterocycles. The number of carbonyl (C=O) groups excluding carboxylic acids is 1. The minimum absolute atomic E-state index is 0.0595. The van der Waals surface area contributed by atoms with Crippen LogP contribution in [0.1, 0.15) is 19.6 Å². The molecule has 0 radical (unpaired) electrons. The number of rotatable bonds is 8. The van der Waals surface area contributed by atoms with E-state index in [0.717, 1.165) is 11.5 Å². The molecule has 2 aromatic rings. The van der Waals surface area contributed by atoms with E-state index >= 15 is 4.39 Å². The number of nitrogen functional groups attached to an aromatic ring is 1. The molecule has 0 saturated carbocycles. The molecule has 2 fully saturated rings. The Kier molecular flexibility index (Phi) is 6.74. The summed E-state index contributed by atoms with van der Waals surface area (Å²) in [5.41, 5.74) is 2.17. The lowest BCUT2D eigenvalue weighted by molar-refractivity contribution is -0.139. The van der Waals surface area contributed by atoms with Crippen molar-refractivity contribution in [2.24, 2.45) is 0 Å². The number of esters is 1. The number of hydrogen-bond acceptors (Lipinski definition) is 10. The minimum Gasteiger partial charge on any atom is -0.464 e. The van der Waals surface area contributed by atoms with E-state index in [0.29, 0.717) is 0 Å². The smallest absolute Gasteiger partial charge is 0.459 e. The maximum atomic E-state index is 15.4. The number of aliphatic hydroxyl groups is 1. The number of anilines is 1. The van der Waals surface area contributed by atoms with Crippen LogP contribution in [0.4, 0.5) is 10.2 Å². The van der Waals surface area contributed by atoms with Crippen LogP contribution in [-0.4, -0.2) is 57.8 Å². The number of aliphatic hydroxyl groups excluding tert-OH is 1. The van der Waals surface area contributed by atoms with Crippen LogP contribution in [0, 0.1) is 0 Å². The number of cyclic esters (lactones) is 1. The zero-order valence-electron chi connectivity index (χ0n) is 18.1. The van der Waals surface area contributed by atoms with Crippen LogP contribution < -0.4 is 21.0 Å². The maximum absolute atomic E-state index is 15.4. The van der Waals surface area contributed by atoms with Crippen molar-refractivity contribution in [2.45, 2.75) is 43.5 Å². The van der Waals surface area contributed by atoms with Crippen LogP contribution in [0.2, 0.25) is 0 Å². The molecule has 0 aliphatic carbocycles. The Morgan fingerprint density at radius 1 is 1.35 bits per heavy atom. The molecule has 4 N–H and O–H groups in total. The Morgan fingerprint density at radius 3 is 2.74 bits per heavy atom. The third-order valence-corrected chi connectivity index (χ3v) is 7.02. The fourth-order valence-corrected chi connectivity index (χ4v) is 5.18.